The lowest BCUT2D eigenvalue weighted by Gasteiger charge is -2.30. The van der Waals surface area contributed by atoms with Gasteiger partial charge in [0, 0.05) is 22.4 Å². The average Bonchev–Trinajstić information content (AvgIpc) is 3.17. The molecule has 3 aromatic rings. The highest BCUT2D eigenvalue weighted by molar-refractivity contribution is 6.30. The van der Waals surface area contributed by atoms with Crippen LogP contribution in [-0.4, -0.2) is 22.6 Å². The van der Waals surface area contributed by atoms with Crippen molar-refractivity contribution in [3.8, 4) is 0 Å². The van der Waals surface area contributed by atoms with Gasteiger partial charge in [0.2, 0.25) is 0 Å². The fourth-order valence-electron chi connectivity index (χ4n) is 4.04. The summed E-state index contributed by atoms with van der Waals surface area (Å²) < 4.78 is 0. The molecular weight excluding hydrogens is 362 g/mol. The number of nitrogens with one attached hydrogen (secondary N) is 2. The zero-order chi connectivity index (χ0) is 18.9. The third kappa shape index (κ3) is 3.35. The van der Waals surface area contributed by atoms with Crippen molar-refractivity contribution < 1.29 is 4.79 Å². The number of aromatic nitrogens is 2. The normalized spacial score (nSPS) is 15.7. The molecule has 6 heteroatoms. The van der Waals surface area contributed by atoms with Crippen molar-refractivity contribution in [2.24, 2.45) is 0 Å². The van der Waals surface area contributed by atoms with Crippen molar-refractivity contribution in [2.75, 3.05) is 6.54 Å². The van der Waals surface area contributed by atoms with Crippen LogP contribution in [0.15, 0.2) is 53.3 Å². The molecule has 1 heterocycles. The van der Waals surface area contributed by atoms with E-state index in [0.717, 1.165) is 25.7 Å². The molecule has 27 heavy (non-hydrogen) atoms. The number of benzene rings is 2. The zero-order valence-corrected chi connectivity index (χ0v) is 15.6. The second-order valence-electron chi connectivity index (χ2n) is 7.12. The smallest absolute Gasteiger partial charge is 0.272 e. The number of rotatable bonds is 4. The molecule has 2 N–H and O–H groups in total. The van der Waals surface area contributed by atoms with Gasteiger partial charge in [0.15, 0.2) is 5.69 Å². The Bertz CT molecular complexity index is 1040. The van der Waals surface area contributed by atoms with Crippen LogP contribution < -0.4 is 10.9 Å². The highest BCUT2D eigenvalue weighted by Gasteiger charge is 2.36. The van der Waals surface area contributed by atoms with Crippen LogP contribution in [-0.2, 0) is 5.41 Å². The van der Waals surface area contributed by atoms with Gasteiger partial charge in [-0.05, 0) is 36.6 Å². The number of carbonyl (C=O) groups is 1. The van der Waals surface area contributed by atoms with Gasteiger partial charge in [0.1, 0.15) is 0 Å². The lowest BCUT2D eigenvalue weighted by atomic mass is 9.79. The van der Waals surface area contributed by atoms with E-state index in [1.54, 1.807) is 24.3 Å². The number of carbonyl (C=O) groups excluding carboxylic acids is 1. The molecule has 2 aromatic carbocycles. The molecule has 1 aliphatic rings. The van der Waals surface area contributed by atoms with Crippen LogP contribution in [0.5, 0.6) is 0 Å². The van der Waals surface area contributed by atoms with Gasteiger partial charge >= 0.3 is 0 Å². The van der Waals surface area contributed by atoms with Gasteiger partial charge in [0.25, 0.3) is 11.5 Å². The predicted octanol–water partition coefficient (Wildman–Crippen LogP) is 3.82. The first kappa shape index (κ1) is 17.7. The van der Waals surface area contributed by atoms with E-state index in [1.165, 1.54) is 5.56 Å². The summed E-state index contributed by atoms with van der Waals surface area (Å²) in [5.41, 5.74) is 1.06. The first-order valence-electron chi connectivity index (χ1n) is 9.11. The number of amides is 1. The van der Waals surface area contributed by atoms with Crippen LogP contribution in [0.2, 0.25) is 5.02 Å². The van der Waals surface area contributed by atoms with Gasteiger partial charge in [-0.3, -0.25) is 9.59 Å². The van der Waals surface area contributed by atoms with Crippen LogP contribution in [0.25, 0.3) is 10.8 Å². The number of hydrogen-bond acceptors (Lipinski definition) is 3. The van der Waals surface area contributed by atoms with Crippen LogP contribution in [0, 0.1) is 0 Å². The highest BCUT2D eigenvalue weighted by atomic mass is 35.5. The van der Waals surface area contributed by atoms with Gasteiger partial charge in [-0.15, -0.1) is 0 Å². The fourth-order valence-corrected chi connectivity index (χ4v) is 4.17. The van der Waals surface area contributed by atoms with Crippen molar-refractivity contribution in [1.82, 2.24) is 15.5 Å². The molecule has 1 aromatic heterocycles. The number of hydrogen-bond donors (Lipinski definition) is 2. The Morgan fingerprint density at radius 1 is 1.07 bits per heavy atom. The molecule has 138 valence electrons. The molecule has 5 nitrogen and oxygen atoms in total. The van der Waals surface area contributed by atoms with Crippen molar-refractivity contribution in [3.05, 3.63) is 75.2 Å². The van der Waals surface area contributed by atoms with Crippen LogP contribution in [0.1, 0.15) is 41.7 Å². The monoisotopic (exact) mass is 381 g/mol. The maximum atomic E-state index is 12.8. The minimum absolute atomic E-state index is 0.0851. The van der Waals surface area contributed by atoms with Gasteiger partial charge in [0.05, 0.1) is 5.39 Å². The van der Waals surface area contributed by atoms with Crippen molar-refractivity contribution in [1.29, 1.82) is 0 Å². The largest absolute Gasteiger partial charge is 0.350 e. The highest BCUT2D eigenvalue weighted by Crippen LogP contribution is 2.41. The zero-order valence-electron chi connectivity index (χ0n) is 14.8. The minimum Gasteiger partial charge on any atom is -0.350 e. The summed E-state index contributed by atoms with van der Waals surface area (Å²) in [7, 11) is 0. The van der Waals surface area contributed by atoms with E-state index in [4.69, 9.17) is 11.6 Å². The van der Waals surface area contributed by atoms with Gasteiger partial charge in [-0.25, -0.2) is 5.10 Å². The van der Waals surface area contributed by atoms with Crippen molar-refractivity contribution in [3.63, 3.8) is 0 Å². The number of aromatic amines is 1. The molecule has 0 saturated heterocycles. The van der Waals surface area contributed by atoms with E-state index >= 15 is 0 Å². The molecule has 1 saturated carbocycles. The quantitative estimate of drug-likeness (QED) is 0.721. The number of fused-ring (bicyclic) bond motifs is 1. The molecule has 1 aliphatic carbocycles. The number of H-pyrrole nitrogens is 1. The number of halogens is 1. The van der Waals surface area contributed by atoms with Crippen molar-refractivity contribution in [2.45, 2.75) is 31.1 Å². The van der Waals surface area contributed by atoms with Gasteiger partial charge in [-0.1, -0.05) is 54.8 Å². The van der Waals surface area contributed by atoms with Crippen molar-refractivity contribution >= 4 is 28.3 Å². The Balaban J connectivity index is 1.61. The van der Waals surface area contributed by atoms with E-state index in [1.807, 2.05) is 24.3 Å². The first-order valence-corrected chi connectivity index (χ1v) is 9.49. The SMILES string of the molecule is O=C(NCC1(c2ccc(Cl)cc2)CCCC1)c1n[nH]c(=O)c2ccccc12. The predicted molar refractivity (Wildman–Crippen MR) is 106 cm³/mol. The van der Waals surface area contributed by atoms with Crippen LogP contribution >= 0.6 is 11.6 Å². The first-order chi connectivity index (χ1) is 13.1. The average molecular weight is 382 g/mol. The molecule has 0 unspecified atom stereocenters. The summed E-state index contributed by atoms with van der Waals surface area (Å²) in [4.78, 5) is 24.8. The Morgan fingerprint density at radius 3 is 2.44 bits per heavy atom. The minimum atomic E-state index is -0.296. The van der Waals surface area contributed by atoms with E-state index in [2.05, 4.69) is 15.5 Å². The Kier molecular flexibility index (Phi) is 4.70. The summed E-state index contributed by atoms with van der Waals surface area (Å²) >= 11 is 6.03. The topological polar surface area (TPSA) is 74.8 Å². The summed E-state index contributed by atoms with van der Waals surface area (Å²) in [5.74, 6) is -0.275. The third-order valence-corrected chi connectivity index (χ3v) is 5.77. The van der Waals surface area contributed by atoms with E-state index in [9.17, 15) is 9.59 Å². The van der Waals surface area contributed by atoms with E-state index in [0.29, 0.717) is 22.3 Å². The molecule has 1 amide bonds. The lowest BCUT2D eigenvalue weighted by Crippen LogP contribution is -2.39. The molecule has 0 atom stereocenters. The maximum Gasteiger partial charge on any atom is 0.272 e. The summed E-state index contributed by atoms with van der Waals surface area (Å²) in [6, 6.07) is 14.9. The van der Waals surface area contributed by atoms with Gasteiger partial charge in [-0.2, -0.15) is 5.10 Å². The summed E-state index contributed by atoms with van der Waals surface area (Å²) in [5, 5.41) is 11.2. The molecule has 1 fully saturated rings. The Hall–Kier alpha value is -2.66. The Labute approximate surface area is 161 Å². The fraction of sp³-hybridized carbons (Fsp3) is 0.286. The third-order valence-electron chi connectivity index (χ3n) is 5.52. The molecule has 0 radical (unpaired) electrons. The van der Waals surface area contributed by atoms with E-state index < -0.39 is 0 Å². The van der Waals surface area contributed by atoms with E-state index in [-0.39, 0.29) is 22.6 Å². The lowest BCUT2D eigenvalue weighted by molar-refractivity contribution is 0.0939. The maximum absolute atomic E-state index is 12.8. The standard InChI is InChI=1S/C21H20ClN3O2/c22-15-9-7-14(8-10-15)21(11-3-4-12-21)13-23-20(27)18-16-5-1-2-6-17(16)19(26)25-24-18/h1-2,5-10H,3-4,11-13H2,(H,23,27)(H,25,26). The molecule has 0 bridgehead atoms. The second kappa shape index (κ2) is 7.16. The summed E-state index contributed by atoms with van der Waals surface area (Å²) in [6.07, 6.45) is 4.32. The number of nitrogens with zero attached hydrogens (tertiary/aromatic N) is 1. The Morgan fingerprint density at radius 2 is 1.74 bits per heavy atom. The second-order valence-corrected chi connectivity index (χ2v) is 7.56. The summed E-state index contributed by atoms with van der Waals surface area (Å²) in [6.45, 7) is 0.530. The molecule has 0 spiro atoms. The molecule has 0 aliphatic heterocycles. The molecule has 4 rings (SSSR count). The van der Waals surface area contributed by atoms with Crippen LogP contribution in [0.4, 0.5) is 0 Å². The van der Waals surface area contributed by atoms with Gasteiger partial charge < -0.3 is 5.32 Å². The molecular formula is C21H20ClN3O2. The van der Waals surface area contributed by atoms with Crippen LogP contribution in [0.3, 0.4) is 0 Å².